The van der Waals surface area contributed by atoms with Crippen molar-refractivity contribution in [2.45, 2.75) is 186 Å². The van der Waals surface area contributed by atoms with Crippen LogP contribution in [0.3, 0.4) is 0 Å². The van der Waals surface area contributed by atoms with Crippen molar-refractivity contribution < 1.29 is 76.5 Å². The number of furan rings is 1. The molecule has 2 amide bonds. The van der Waals surface area contributed by atoms with Gasteiger partial charge >= 0.3 is 5.97 Å². The Morgan fingerprint density at radius 3 is 2.36 bits per heavy atom. The fourth-order valence-corrected chi connectivity index (χ4v) is 15.1. The molecule has 4 aliphatic heterocycles. The van der Waals surface area contributed by atoms with Crippen LogP contribution in [0, 0.1) is 35.4 Å². The third kappa shape index (κ3) is 17.9. The molecule has 1 aliphatic carbocycles. The molecule has 4 N–H and O–H groups in total. The van der Waals surface area contributed by atoms with E-state index in [9.17, 15) is 43.7 Å². The predicted octanol–water partition coefficient (Wildman–Crippen LogP) is 10.9. The number of Topliss-reactive ketones (excluding diaryl/α,β-unsaturated/α-hetero) is 2. The van der Waals surface area contributed by atoms with Crippen molar-refractivity contribution in [1.29, 1.82) is 0 Å². The number of anilines is 2. The second kappa shape index (κ2) is 33.5. The molecular formula is C75H96ClFN6O15. The number of carbonyl (C=O) groups excluding carboxylic acids is 5. The Labute approximate surface area is 578 Å². The number of fused-ring (bicyclic) bond motifs is 4. The van der Waals surface area contributed by atoms with Gasteiger partial charge in [-0.25, -0.2) is 19.2 Å². The highest BCUT2D eigenvalue weighted by Crippen LogP contribution is 2.41. The third-order valence-electron chi connectivity index (χ3n) is 20.5. The molecule has 6 heterocycles. The van der Waals surface area contributed by atoms with E-state index in [4.69, 9.17) is 44.4 Å². The lowest BCUT2D eigenvalue weighted by molar-refractivity contribution is -0.302. The maximum atomic E-state index is 14.9. The third-order valence-corrected chi connectivity index (χ3v) is 20.8. The molecule has 3 saturated heterocycles. The highest BCUT2D eigenvalue weighted by atomic mass is 35.5. The van der Waals surface area contributed by atoms with Crippen LogP contribution in [0.4, 0.5) is 15.9 Å². The number of aliphatic hydroxyl groups excluding tert-OH is 2. The minimum atomic E-state index is -2.58. The first-order chi connectivity index (χ1) is 47.0. The van der Waals surface area contributed by atoms with Gasteiger partial charge in [0, 0.05) is 101 Å². The van der Waals surface area contributed by atoms with Crippen LogP contribution in [0.2, 0.25) is 5.02 Å². The number of piperazine rings is 1. The molecule has 1 saturated carbocycles. The van der Waals surface area contributed by atoms with Crippen LogP contribution in [-0.4, -0.2) is 178 Å². The Morgan fingerprint density at radius 2 is 1.61 bits per heavy atom. The molecule has 3 aromatic carbocycles. The van der Waals surface area contributed by atoms with Gasteiger partial charge < -0.3 is 63.3 Å². The number of rotatable bonds is 17. The molecule has 2 aromatic heterocycles. The van der Waals surface area contributed by atoms with Crippen molar-refractivity contribution in [1.82, 2.24) is 24.7 Å². The zero-order chi connectivity index (χ0) is 69.9. The summed E-state index contributed by atoms with van der Waals surface area (Å²) in [7, 11) is 4.59. The maximum Gasteiger partial charge on any atom is 0.329 e. The summed E-state index contributed by atoms with van der Waals surface area (Å²) in [6.45, 7) is 12.1. The van der Waals surface area contributed by atoms with Crippen molar-refractivity contribution >= 4 is 63.4 Å². The maximum absolute atomic E-state index is 14.9. The summed E-state index contributed by atoms with van der Waals surface area (Å²) < 4.78 is 56.4. The highest BCUT2D eigenvalue weighted by molar-refractivity contribution is 6.39. The number of esters is 1. The van der Waals surface area contributed by atoms with Crippen molar-refractivity contribution in [3.63, 3.8) is 0 Å². The number of carbonyl (C=O) groups is 5. The minimum Gasteiger partial charge on any atom is -0.487 e. The van der Waals surface area contributed by atoms with Crippen LogP contribution >= 0.6 is 11.6 Å². The van der Waals surface area contributed by atoms with E-state index >= 15 is 0 Å². The smallest absolute Gasteiger partial charge is 0.329 e. The first-order valence-corrected chi connectivity index (χ1v) is 35.0. The Morgan fingerprint density at radius 1 is 0.847 bits per heavy atom. The number of ketones is 2. The second-order valence-corrected chi connectivity index (χ2v) is 28.1. The van der Waals surface area contributed by atoms with Gasteiger partial charge in [-0.2, -0.15) is 0 Å². The largest absolute Gasteiger partial charge is 0.487 e. The molecule has 5 aromatic rings. The van der Waals surface area contributed by atoms with Gasteiger partial charge in [0.15, 0.2) is 0 Å². The van der Waals surface area contributed by atoms with E-state index in [0.717, 1.165) is 27.8 Å². The zero-order valence-electron chi connectivity index (χ0n) is 57.5. The number of ether oxygens (including phenoxy) is 6. The van der Waals surface area contributed by atoms with Crippen molar-refractivity contribution in [3.05, 3.63) is 125 Å². The average molecular weight is 1380 g/mol. The summed E-state index contributed by atoms with van der Waals surface area (Å²) in [5, 5.41) is 39.7. The number of methoxy groups -OCH3 is 3. The monoisotopic (exact) mass is 1370 g/mol. The fourth-order valence-electron chi connectivity index (χ4n) is 14.8. The number of allylic oxidation sites excluding steroid dienone is 3. The molecule has 2 unspecified atom stereocenters. The van der Waals surface area contributed by atoms with E-state index in [1.165, 1.54) is 37.6 Å². The number of aliphatic hydroxyl groups is 3. The van der Waals surface area contributed by atoms with Crippen LogP contribution in [0.1, 0.15) is 129 Å². The minimum absolute atomic E-state index is 0.0219. The van der Waals surface area contributed by atoms with E-state index in [0.29, 0.717) is 130 Å². The molecule has 4 fully saturated rings. The summed E-state index contributed by atoms with van der Waals surface area (Å²) >= 11 is 6.63. The van der Waals surface area contributed by atoms with Gasteiger partial charge in [-0.1, -0.05) is 62.2 Å². The molecule has 2 bridgehead atoms. The van der Waals surface area contributed by atoms with Crippen LogP contribution in [0.5, 0.6) is 5.75 Å². The number of hydrogen-bond acceptors (Lipinski definition) is 19. The molecule has 14 atom stereocenters. The fraction of sp³-hybridized carbons (Fsp3) is 0.560. The summed E-state index contributed by atoms with van der Waals surface area (Å²) in [5.41, 5.74) is 4.41. The quantitative estimate of drug-likeness (QED) is 0.0383. The van der Waals surface area contributed by atoms with E-state index in [-0.39, 0.29) is 68.2 Å². The van der Waals surface area contributed by atoms with Crippen LogP contribution in [0.25, 0.3) is 22.2 Å². The first-order valence-electron chi connectivity index (χ1n) is 34.6. The van der Waals surface area contributed by atoms with Gasteiger partial charge in [0.25, 0.3) is 11.7 Å². The molecular weight excluding hydrogens is 1280 g/mol. The summed E-state index contributed by atoms with van der Waals surface area (Å²) in [6, 6.07) is 20.0. The first kappa shape index (κ1) is 73.7. The lowest BCUT2D eigenvalue weighted by atomic mass is 9.81. The van der Waals surface area contributed by atoms with Gasteiger partial charge in [-0.3, -0.25) is 24.1 Å². The zero-order valence-corrected chi connectivity index (χ0v) is 58.3. The summed E-state index contributed by atoms with van der Waals surface area (Å²) in [5.74, 6) is -6.39. The number of nitrogens with one attached hydrogen (secondary N) is 1. The van der Waals surface area contributed by atoms with Gasteiger partial charge in [-0.05, 0) is 168 Å². The average Bonchev–Trinajstić information content (AvgIpc) is 0.934. The number of nitrogens with zero attached hydrogens (tertiary/aromatic N) is 5. The number of halogens is 2. The molecule has 0 radical (unpaired) electrons. The highest BCUT2D eigenvalue weighted by Gasteiger charge is 2.57. The number of hydrogen-bond donors (Lipinski definition) is 4. The van der Waals surface area contributed by atoms with E-state index < -0.39 is 90.0 Å². The Hall–Kier alpha value is -6.99. The molecule has 10 rings (SSSR count). The van der Waals surface area contributed by atoms with Gasteiger partial charge in [0.2, 0.25) is 11.7 Å². The lowest BCUT2D eigenvalue weighted by Gasteiger charge is -2.47. The van der Waals surface area contributed by atoms with Gasteiger partial charge in [0.1, 0.15) is 65.9 Å². The number of amides is 2. The molecule has 530 valence electrons. The van der Waals surface area contributed by atoms with Crippen LogP contribution in [0.15, 0.2) is 107 Å². The number of benzene rings is 3. The SMILES string of the molecule is COC1C[C@@H](C)C/C(C)=C/[C@@H](CCCC(=O)N2CCN(Cc3ccc(-c4ccc5ncnc(Nc6ccc(OCc7cccc(F)c7)c(Cl)c6)c5c4)o3)CC2)C(=O)C[C@H](O)[C@@H](C)[C@@H](/C(C)=C/[C@@H]2CC[C@@H](O)[C@H](OC)C2)OC(=O)[C@@H]2CCCCN2C(=O)C(=O)[C@]2(O)O[C@H]1C(OC)C[C@H]2C. The molecule has 0 spiro atoms. The summed E-state index contributed by atoms with van der Waals surface area (Å²) in [4.78, 5) is 87.0. The second-order valence-electron chi connectivity index (χ2n) is 27.7. The summed E-state index contributed by atoms with van der Waals surface area (Å²) in [6.07, 6.45) is 4.18. The van der Waals surface area contributed by atoms with Crippen LogP contribution in [-0.2, 0) is 60.8 Å². The Balaban J connectivity index is 0.801. The Bertz CT molecular complexity index is 3670. The standard InChI is InChI=1S/C75H96ClFN6O15/c1-44-31-45(2)33-66(93-7)70-67(94-8)35-47(4)75(91,98-70)71(88)73(89)83-26-10-9-16-59(83)74(90)97-69(46(3)34-49-18-23-60(84)65(37-49)92-6)48(5)61(85)40-62(86)51(32-44)14-12-17-68(87)82-29-27-81(28-30-82)41-55-21-25-63(96-55)52-19-22-58-56(38-52)72(79-43-78-58)80-54-20-24-64(57(76)39-54)95-42-50-13-11-15-53(77)36-50/h11,13,15,19-22,24-25,32,34,36,38-39,43,45,47-49,51,59-61,65-67,69-70,84-85,91H,9-10,12,14,16-18,23,26-31,33,35,37,40-42H2,1-8H3,(H,78,79,80)/b44-32+,46-34+/t45-,47+,48+,49-,51+,59-,60+,61-,65+,66?,67?,69+,70+,75+/m0/s1. The van der Waals surface area contributed by atoms with E-state index in [1.807, 2.05) is 67.3 Å². The van der Waals surface area contributed by atoms with Gasteiger partial charge in [0.05, 0.1) is 47.6 Å². The molecule has 98 heavy (non-hydrogen) atoms. The number of aromatic nitrogens is 2. The predicted molar refractivity (Wildman–Crippen MR) is 366 cm³/mol. The topological polar surface area (TPSA) is 262 Å². The van der Waals surface area contributed by atoms with Crippen LogP contribution < -0.4 is 10.1 Å². The number of piperidine rings is 1. The van der Waals surface area contributed by atoms with Crippen molar-refractivity contribution in [2.75, 3.05) is 59.4 Å². The molecule has 21 nitrogen and oxygen atoms in total. The van der Waals surface area contributed by atoms with E-state index in [2.05, 4.69) is 20.2 Å². The molecule has 23 heteroatoms. The molecule has 5 aliphatic rings. The Kier molecular flexibility index (Phi) is 25.2. The normalized spacial score (nSPS) is 29.9. The number of cyclic esters (lactones) is 1. The van der Waals surface area contributed by atoms with Gasteiger partial charge in [-0.15, -0.1) is 0 Å². The van der Waals surface area contributed by atoms with Crippen molar-refractivity contribution in [2.24, 2.45) is 29.6 Å². The lowest BCUT2D eigenvalue weighted by Crippen LogP contribution is -2.64. The van der Waals surface area contributed by atoms with E-state index in [1.54, 1.807) is 52.1 Å². The van der Waals surface area contributed by atoms with Crippen molar-refractivity contribution in [3.8, 4) is 17.1 Å².